The van der Waals surface area contributed by atoms with Gasteiger partial charge in [-0.2, -0.15) is 26.3 Å². The van der Waals surface area contributed by atoms with E-state index >= 15 is 0 Å². The van der Waals surface area contributed by atoms with Crippen molar-refractivity contribution in [2.75, 3.05) is 5.32 Å². The van der Waals surface area contributed by atoms with Crippen molar-refractivity contribution in [3.63, 3.8) is 0 Å². The molecule has 0 aliphatic carbocycles. The van der Waals surface area contributed by atoms with Crippen LogP contribution in [-0.4, -0.2) is 12.1 Å². The van der Waals surface area contributed by atoms with E-state index in [4.69, 9.17) is 5.73 Å². The monoisotopic (exact) mass is 300 g/mol. The second kappa shape index (κ2) is 5.70. The molecule has 0 heterocycles. The van der Waals surface area contributed by atoms with Gasteiger partial charge in [0, 0.05) is 12.2 Å². The van der Waals surface area contributed by atoms with Crippen molar-refractivity contribution in [2.45, 2.75) is 25.3 Å². The fraction of sp³-hybridized carbons (Fsp3) is 0.364. The molecular formula is C11H10F6N2O. The van der Waals surface area contributed by atoms with Crippen molar-refractivity contribution in [3.05, 3.63) is 29.3 Å². The van der Waals surface area contributed by atoms with E-state index in [1.165, 1.54) is 0 Å². The van der Waals surface area contributed by atoms with E-state index in [0.29, 0.717) is 6.07 Å². The van der Waals surface area contributed by atoms with E-state index in [0.717, 1.165) is 12.1 Å². The van der Waals surface area contributed by atoms with E-state index in [9.17, 15) is 31.1 Å². The van der Waals surface area contributed by atoms with Crippen molar-refractivity contribution in [3.8, 4) is 0 Å². The molecule has 1 rings (SSSR count). The van der Waals surface area contributed by atoms with Crippen molar-refractivity contribution in [2.24, 2.45) is 5.73 Å². The lowest BCUT2D eigenvalue weighted by atomic mass is 10.1. The second-order valence-electron chi connectivity index (χ2n) is 3.96. The lowest BCUT2D eigenvalue weighted by Crippen LogP contribution is -2.21. The normalized spacial score (nSPS) is 12.3. The largest absolute Gasteiger partial charge is 0.416 e. The lowest BCUT2D eigenvalue weighted by molar-refractivity contribution is -0.150. The standard InChI is InChI=1S/C11H10F6N2O/c12-10(13,14)4-9(20)19-8-2-6(5-18)1-7(3-8)11(15,16)17/h1-3H,4-5,18H2,(H,19,20). The maximum absolute atomic E-state index is 12.6. The molecule has 0 atom stereocenters. The Hall–Kier alpha value is -1.77. The fourth-order valence-electron chi connectivity index (χ4n) is 1.43. The van der Waals surface area contributed by atoms with Crippen LogP contribution in [0.1, 0.15) is 17.5 Å². The summed E-state index contributed by atoms with van der Waals surface area (Å²) in [6, 6.07) is 2.40. The molecule has 3 N–H and O–H groups in total. The summed E-state index contributed by atoms with van der Waals surface area (Å²) in [5, 5.41) is 1.77. The number of amides is 1. The van der Waals surface area contributed by atoms with E-state index in [1.807, 2.05) is 0 Å². The molecule has 1 aromatic carbocycles. The fourth-order valence-corrected chi connectivity index (χ4v) is 1.43. The van der Waals surface area contributed by atoms with Gasteiger partial charge in [-0.25, -0.2) is 0 Å². The van der Waals surface area contributed by atoms with Crippen LogP contribution in [0.25, 0.3) is 0 Å². The molecule has 0 spiro atoms. The number of carbonyl (C=O) groups is 1. The first-order valence-electron chi connectivity index (χ1n) is 5.29. The van der Waals surface area contributed by atoms with Gasteiger partial charge < -0.3 is 11.1 Å². The predicted molar refractivity (Wildman–Crippen MR) is 58.6 cm³/mol. The van der Waals surface area contributed by atoms with Gasteiger partial charge in [-0.1, -0.05) is 0 Å². The highest BCUT2D eigenvalue weighted by Gasteiger charge is 2.33. The molecule has 0 aromatic heterocycles. The van der Waals surface area contributed by atoms with Crippen molar-refractivity contribution < 1.29 is 31.1 Å². The molecule has 0 bridgehead atoms. The molecule has 112 valence electrons. The Labute approximate surface area is 109 Å². The average Bonchev–Trinajstić information content (AvgIpc) is 2.24. The zero-order valence-electron chi connectivity index (χ0n) is 9.90. The van der Waals surface area contributed by atoms with Crippen LogP contribution in [0.5, 0.6) is 0 Å². The summed E-state index contributed by atoms with van der Waals surface area (Å²) in [6.07, 6.45) is -11.2. The van der Waals surface area contributed by atoms with Crippen molar-refractivity contribution >= 4 is 11.6 Å². The SMILES string of the molecule is NCc1cc(NC(=O)CC(F)(F)F)cc(C(F)(F)F)c1. The van der Waals surface area contributed by atoms with Crippen LogP contribution in [0, 0.1) is 0 Å². The van der Waals surface area contributed by atoms with Gasteiger partial charge in [-0.05, 0) is 23.8 Å². The molecule has 0 saturated heterocycles. The van der Waals surface area contributed by atoms with Gasteiger partial charge in [0.25, 0.3) is 0 Å². The number of halogens is 6. The van der Waals surface area contributed by atoms with Crippen molar-refractivity contribution in [1.29, 1.82) is 0 Å². The molecule has 0 fully saturated rings. The Kier molecular flexibility index (Phi) is 4.64. The van der Waals surface area contributed by atoms with Crippen molar-refractivity contribution in [1.82, 2.24) is 0 Å². The molecule has 20 heavy (non-hydrogen) atoms. The van der Waals surface area contributed by atoms with Gasteiger partial charge in [0.2, 0.25) is 5.91 Å². The van der Waals surface area contributed by atoms with Gasteiger partial charge in [0.1, 0.15) is 6.42 Å². The minimum absolute atomic E-state index is 0.0436. The van der Waals surface area contributed by atoms with Crippen LogP contribution in [0.3, 0.4) is 0 Å². The Balaban J connectivity index is 2.98. The van der Waals surface area contributed by atoms with Gasteiger partial charge in [0.15, 0.2) is 0 Å². The Morgan fingerprint density at radius 1 is 1.10 bits per heavy atom. The predicted octanol–water partition coefficient (Wildman–Crippen LogP) is 3.06. The highest BCUT2D eigenvalue weighted by molar-refractivity contribution is 5.91. The average molecular weight is 300 g/mol. The zero-order valence-corrected chi connectivity index (χ0v) is 9.90. The highest BCUT2D eigenvalue weighted by Crippen LogP contribution is 2.32. The maximum Gasteiger partial charge on any atom is 0.416 e. The number of rotatable bonds is 3. The summed E-state index contributed by atoms with van der Waals surface area (Å²) in [5.74, 6) is -1.44. The molecule has 1 amide bonds. The first-order valence-corrected chi connectivity index (χ1v) is 5.29. The van der Waals surface area contributed by atoms with E-state index in [1.54, 1.807) is 5.32 Å². The summed E-state index contributed by atoms with van der Waals surface area (Å²) in [7, 11) is 0. The van der Waals surface area contributed by atoms with Crippen LogP contribution in [-0.2, 0) is 17.5 Å². The van der Waals surface area contributed by atoms with E-state index in [2.05, 4.69) is 0 Å². The smallest absolute Gasteiger partial charge is 0.326 e. The summed E-state index contributed by atoms with van der Waals surface area (Å²) in [6.45, 7) is -0.244. The molecule has 0 aliphatic rings. The maximum atomic E-state index is 12.6. The van der Waals surface area contributed by atoms with E-state index in [-0.39, 0.29) is 17.8 Å². The Morgan fingerprint density at radius 3 is 2.15 bits per heavy atom. The summed E-state index contributed by atoms with van der Waals surface area (Å²) in [5.41, 5.74) is 3.77. The number of nitrogens with one attached hydrogen (secondary N) is 1. The second-order valence-corrected chi connectivity index (χ2v) is 3.96. The van der Waals surface area contributed by atoms with Gasteiger partial charge >= 0.3 is 12.4 Å². The third-order valence-electron chi connectivity index (χ3n) is 2.20. The lowest BCUT2D eigenvalue weighted by Gasteiger charge is -2.13. The molecule has 1 aromatic rings. The Bertz CT molecular complexity index is 495. The molecule has 0 radical (unpaired) electrons. The minimum Gasteiger partial charge on any atom is -0.326 e. The van der Waals surface area contributed by atoms with Crippen LogP contribution >= 0.6 is 0 Å². The molecule has 0 aliphatic heterocycles. The molecule has 0 saturated carbocycles. The zero-order chi connectivity index (χ0) is 15.6. The third-order valence-corrected chi connectivity index (χ3v) is 2.20. The number of anilines is 1. The molecule has 0 unspecified atom stereocenters. The van der Waals surface area contributed by atoms with E-state index < -0.39 is 30.2 Å². The van der Waals surface area contributed by atoms with Crippen LogP contribution in [0.15, 0.2) is 18.2 Å². The number of nitrogens with two attached hydrogens (primary N) is 1. The summed E-state index contributed by atoms with van der Waals surface area (Å²) >= 11 is 0. The topological polar surface area (TPSA) is 55.1 Å². The third kappa shape index (κ3) is 5.08. The van der Waals surface area contributed by atoms with Gasteiger partial charge in [-0.15, -0.1) is 0 Å². The number of carbonyl (C=O) groups excluding carboxylic acids is 1. The highest BCUT2D eigenvalue weighted by atomic mass is 19.4. The molecule has 9 heteroatoms. The minimum atomic E-state index is -4.73. The number of alkyl halides is 6. The number of hydrogen-bond acceptors (Lipinski definition) is 2. The molecular weight excluding hydrogens is 290 g/mol. The molecule has 3 nitrogen and oxygen atoms in total. The van der Waals surface area contributed by atoms with Gasteiger partial charge in [0.05, 0.1) is 5.56 Å². The summed E-state index contributed by atoms with van der Waals surface area (Å²) < 4.78 is 73.6. The van der Waals surface area contributed by atoms with Crippen LogP contribution in [0.2, 0.25) is 0 Å². The quantitative estimate of drug-likeness (QED) is 0.843. The summed E-state index contributed by atoms with van der Waals surface area (Å²) in [4.78, 5) is 11.0. The number of hydrogen-bond donors (Lipinski definition) is 2. The first-order chi connectivity index (χ1) is 9.01. The Morgan fingerprint density at radius 2 is 1.70 bits per heavy atom. The number of benzene rings is 1. The van der Waals surface area contributed by atoms with Crippen LogP contribution < -0.4 is 11.1 Å². The van der Waals surface area contributed by atoms with Crippen LogP contribution in [0.4, 0.5) is 32.0 Å². The first kappa shape index (κ1) is 16.3. The van der Waals surface area contributed by atoms with Gasteiger partial charge in [-0.3, -0.25) is 4.79 Å².